The highest BCUT2D eigenvalue weighted by Crippen LogP contribution is 2.26. The predicted molar refractivity (Wildman–Crippen MR) is 118 cm³/mol. The molecule has 3 aromatic carbocycles. The Morgan fingerprint density at radius 2 is 1.45 bits per heavy atom. The van der Waals surface area contributed by atoms with Gasteiger partial charge in [-0.15, -0.1) is 0 Å². The van der Waals surface area contributed by atoms with E-state index in [1.165, 1.54) is 6.08 Å². The molecule has 0 radical (unpaired) electrons. The van der Waals surface area contributed by atoms with Gasteiger partial charge in [0.25, 0.3) is 0 Å². The number of hydrogen-bond acceptors (Lipinski definition) is 3. The summed E-state index contributed by atoms with van der Waals surface area (Å²) in [6, 6.07) is 19.8. The molecular formula is C23H17Cl3O3. The number of ether oxygens (including phenoxy) is 2. The first kappa shape index (κ1) is 21.3. The summed E-state index contributed by atoms with van der Waals surface area (Å²) in [5.74, 6) is 0.220. The smallest absolute Gasteiger partial charge is 0.331 e. The first-order chi connectivity index (χ1) is 14.0. The van der Waals surface area contributed by atoms with Crippen molar-refractivity contribution in [2.45, 2.75) is 13.2 Å². The van der Waals surface area contributed by atoms with Crippen LogP contribution < -0.4 is 4.74 Å². The third-order valence-electron chi connectivity index (χ3n) is 4.06. The van der Waals surface area contributed by atoms with Crippen LogP contribution in [0.1, 0.15) is 16.7 Å². The van der Waals surface area contributed by atoms with Crippen molar-refractivity contribution in [1.29, 1.82) is 0 Å². The van der Waals surface area contributed by atoms with Gasteiger partial charge < -0.3 is 9.47 Å². The Morgan fingerprint density at radius 3 is 2.14 bits per heavy atom. The van der Waals surface area contributed by atoms with Crippen molar-refractivity contribution in [2.75, 3.05) is 0 Å². The highest BCUT2D eigenvalue weighted by molar-refractivity contribution is 6.36. The van der Waals surface area contributed by atoms with Crippen molar-refractivity contribution >= 4 is 46.8 Å². The summed E-state index contributed by atoms with van der Waals surface area (Å²) in [7, 11) is 0. The summed E-state index contributed by atoms with van der Waals surface area (Å²) in [5.41, 5.74) is 2.33. The Morgan fingerprint density at radius 1 is 0.793 bits per heavy atom. The molecule has 0 unspecified atom stereocenters. The zero-order chi connectivity index (χ0) is 20.6. The fourth-order valence-electron chi connectivity index (χ4n) is 2.48. The van der Waals surface area contributed by atoms with Crippen LogP contribution in [0.15, 0.2) is 72.8 Å². The lowest BCUT2D eigenvalue weighted by atomic mass is 10.2. The van der Waals surface area contributed by atoms with Crippen molar-refractivity contribution in [3.8, 4) is 5.75 Å². The van der Waals surface area contributed by atoms with E-state index in [4.69, 9.17) is 44.3 Å². The number of esters is 1. The van der Waals surface area contributed by atoms with Gasteiger partial charge in [-0.05, 0) is 42.0 Å². The van der Waals surface area contributed by atoms with E-state index >= 15 is 0 Å². The minimum atomic E-state index is -0.446. The number of hydrogen-bond donors (Lipinski definition) is 0. The highest BCUT2D eigenvalue weighted by Gasteiger charge is 2.06. The van der Waals surface area contributed by atoms with Gasteiger partial charge in [0.2, 0.25) is 0 Å². The van der Waals surface area contributed by atoms with Gasteiger partial charge in [0.15, 0.2) is 0 Å². The van der Waals surface area contributed by atoms with Crippen LogP contribution in [-0.2, 0) is 22.7 Å². The lowest BCUT2D eigenvalue weighted by molar-refractivity contribution is -0.138. The summed E-state index contributed by atoms with van der Waals surface area (Å²) in [5, 5.41) is 1.69. The van der Waals surface area contributed by atoms with E-state index in [1.807, 2.05) is 30.3 Å². The molecule has 0 aliphatic rings. The molecule has 0 aliphatic carbocycles. The Labute approximate surface area is 184 Å². The molecule has 3 nitrogen and oxygen atoms in total. The molecule has 0 aliphatic heterocycles. The molecule has 3 aromatic rings. The van der Waals surface area contributed by atoms with Crippen LogP contribution in [-0.4, -0.2) is 5.97 Å². The summed E-state index contributed by atoms with van der Waals surface area (Å²) in [4.78, 5) is 11.9. The second-order valence-electron chi connectivity index (χ2n) is 6.09. The van der Waals surface area contributed by atoms with Gasteiger partial charge in [0.05, 0.1) is 0 Å². The van der Waals surface area contributed by atoms with Gasteiger partial charge in [0.1, 0.15) is 19.0 Å². The van der Waals surface area contributed by atoms with Gasteiger partial charge in [0, 0.05) is 32.3 Å². The van der Waals surface area contributed by atoms with Crippen LogP contribution >= 0.6 is 34.8 Å². The SMILES string of the molecule is O=C(C=Cc1ccc(OCc2c(Cl)cccc2Cl)cc1)OCc1ccccc1Cl. The van der Waals surface area contributed by atoms with Gasteiger partial charge >= 0.3 is 5.97 Å². The summed E-state index contributed by atoms with van der Waals surface area (Å²) >= 11 is 18.3. The predicted octanol–water partition coefficient (Wildman–Crippen LogP) is 6.98. The lowest BCUT2D eigenvalue weighted by Crippen LogP contribution is -2.01. The van der Waals surface area contributed by atoms with E-state index in [0.29, 0.717) is 20.8 Å². The molecule has 0 N–H and O–H groups in total. The summed E-state index contributed by atoms with van der Waals surface area (Å²) < 4.78 is 10.9. The number of carbonyl (C=O) groups excluding carboxylic acids is 1. The van der Waals surface area contributed by atoms with E-state index < -0.39 is 5.97 Å². The molecular weight excluding hydrogens is 431 g/mol. The third-order valence-corrected chi connectivity index (χ3v) is 5.14. The molecule has 0 aromatic heterocycles. The second kappa shape index (κ2) is 10.4. The quantitative estimate of drug-likeness (QED) is 0.289. The van der Waals surface area contributed by atoms with Gasteiger partial charge in [-0.25, -0.2) is 4.79 Å². The van der Waals surface area contributed by atoms with Crippen LogP contribution in [0.2, 0.25) is 15.1 Å². The topological polar surface area (TPSA) is 35.5 Å². The normalized spacial score (nSPS) is 10.9. The summed E-state index contributed by atoms with van der Waals surface area (Å²) in [6.45, 7) is 0.391. The molecule has 0 amide bonds. The van der Waals surface area contributed by atoms with Gasteiger partial charge in [-0.2, -0.15) is 0 Å². The largest absolute Gasteiger partial charge is 0.489 e. The number of carbonyl (C=O) groups is 1. The fraction of sp³-hybridized carbons (Fsp3) is 0.0870. The van der Waals surface area contributed by atoms with Crippen molar-refractivity contribution in [3.05, 3.63) is 105 Å². The maximum absolute atomic E-state index is 11.9. The fourth-order valence-corrected chi connectivity index (χ4v) is 3.17. The Kier molecular flexibility index (Phi) is 7.59. The van der Waals surface area contributed by atoms with Crippen LogP contribution in [0.5, 0.6) is 5.75 Å². The molecule has 148 valence electrons. The molecule has 6 heteroatoms. The van der Waals surface area contributed by atoms with Gasteiger partial charge in [-0.3, -0.25) is 0 Å². The van der Waals surface area contributed by atoms with E-state index in [9.17, 15) is 4.79 Å². The maximum atomic E-state index is 11.9. The van der Waals surface area contributed by atoms with Crippen molar-refractivity contribution in [1.82, 2.24) is 0 Å². The standard InChI is InChI=1S/C23H17Cl3O3/c24-20-5-2-1-4-17(20)14-29-23(27)13-10-16-8-11-18(12-9-16)28-15-19-21(25)6-3-7-22(19)26/h1-13H,14-15H2. The zero-order valence-electron chi connectivity index (χ0n) is 15.3. The van der Waals surface area contributed by atoms with Crippen molar-refractivity contribution in [3.63, 3.8) is 0 Å². The molecule has 0 saturated carbocycles. The minimum absolute atomic E-state index is 0.125. The second-order valence-corrected chi connectivity index (χ2v) is 7.31. The Hall–Kier alpha value is -2.46. The van der Waals surface area contributed by atoms with E-state index in [1.54, 1.807) is 42.5 Å². The van der Waals surface area contributed by atoms with Crippen molar-refractivity contribution in [2.24, 2.45) is 0 Å². The maximum Gasteiger partial charge on any atom is 0.331 e. The molecule has 0 heterocycles. The lowest BCUT2D eigenvalue weighted by Gasteiger charge is -2.09. The molecule has 0 bridgehead atoms. The number of rotatable bonds is 7. The molecule has 0 spiro atoms. The van der Waals surface area contributed by atoms with Crippen LogP contribution in [0.4, 0.5) is 0 Å². The zero-order valence-corrected chi connectivity index (χ0v) is 17.5. The Balaban J connectivity index is 1.52. The van der Waals surface area contributed by atoms with Crippen LogP contribution in [0.25, 0.3) is 6.08 Å². The third kappa shape index (κ3) is 6.26. The number of halogens is 3. The average Bonchev–Trinajstić information content (AvgIpc) is 2.72. The monoisotopic (exact) mass is 446 g/mol. The first-order valence-electron chi connectivity index (χ1n) is 8.77. The Bertz CT molecular complexity index is 994. The summed E-state index contributed by atoms with van der Waals surface area (Å²) in [6.07, 6.45) is 3.04. The van der Waals surface area contributed by atoms with Crippen molar-refractivity contribution < 1.29 is 14.3 Å². The molecule has 3 rings (SSSR count). The molecule has 0 fully saturated rings. The average molecular weight is 448 g/mol. The molecule has 29 heavy (non-hydrogen) atoms. The first-order valence-corrected chi connectivity index (χ1v) is 9.90. The highest BCUT2D eigenvalue weighted by atomic mass is 35.5. The van der Waals surface area contributed by atoms with E-state index in [2.05, 4.69) is 0 Å². The van der Waals surface area contributed by atoms with E-state index in [-0.39, 0.29) is 13.2 Å². The molecule has 0 atom stereocenters. The number of benzene rings is 3. The van der Waals surface area contributed by atoms with E-state index in [0.717, 1.165) is 16.7 Å². The van der Waals surface area contributed by atoms with Crippen LogP contribution in [0, 0.1) is 0 Å². The molecule has 0 saturated heterocycles. The minimum Gasteiger partial charge on any atom is -0.489 e. The van der Waals surface area contributed by atoms with Crippen LogP contribution in [0.3, 0.4) is 0 Å². The van der Waals surface area contributed by atoms with Gasteiger partial charge in [-0.1, -0.05) is 71.2 Å².